The van der Waals surface area contributed by atoms with Crippen LogP contribution in [0.5, 0.6) is 0 Å². The van der Waals surface area contributed by atoms with Gasteiger partial charge in [-0.3, -0.25) is 19.3 Å². The predicted molar refractivity (Wildman–Crippen MR) is 168 cm³/mol. The summed E-state index contributed by atoms with van der Waals surface area (Å²) in [4.78, 5) is 57.5. The highest BCUT2D eigenvalue weighted by molar-refractivity contribution is 5.95. The van der Waals surface area contributed by atoms with E-state index in [2.05, 4.69) is 10.6 Å². The van der Waals surface area contributed by atoms with Crippen LogP contribution in [0.15, 0.2) is 60.7 Å². The van der Waals surface area contributed by atoms with E-state index in [9.17, 15) is 19.2 Å². The van der Waals surface area contributed by atoms with E-state index in [0.717, 1.165) is 11.1 Å². The molecular formula is C34H47N5O5. The van der Waals surface area contributed by atoms with Crippen molar-refractivity contribution in [1.82, 2.24) is 20.4 Å². The normalized spacial score (nSPS) is 22.5. The number of amides is 4. The predicted octanol–water partition coefficient (Wildman–Crippen LogP) is 3.75. The first kappa shape index (κ1) is 33.0. The molecule has 2 heterocycles. The second-order valence-electron chi connectivity index (χ2n) is 12.8. The third-order valence-corrected chi connectivity index (χ3v) is 8.66. The maximum atomic E-state index is 14.2. The molecule has 10 heteroatoms. The molecule has 4 rings (SSSR count). The Labute approximate surface area is 260 Å². The van der Waals surface area contributed by atoms with Crippen LogP contribution in [0, 0.1) is 5.92 Å². The van der Waals surface area contributed by atoms with Crippen molar-refractivity contribution in [1.29, 1.82) is 0 Å². The molecule has 238 valence electrons. The highest BCUT2D eigenvalue weighted by atomic mass is 16.6. The van der Waals surface area contributed by atoms with Gasteiger partial charge in [-0.25, -0.2) is 4.79 Å². The molecule has 0 unspecified atom stereocenters. The molecule has 2 aliphatic heterocycles. The highest BCUT2D eigenvalue weighted by Gasteiger charge is 2.48. The van der Waals surface area contributed by atoms with Crippen LogP contribution in [0.2, 0.25) is 0 Å². The fraction of sp³-hybridized carbons (Fsp3) is 0.529. The number of carbonyl (C=O) groups excluding carboxylic acids is 4. The van der Waals surface area contributed by atoms with E-state index in [1.54, 1.807) is 32.6 Å². The number of carbonyl (C=O) groups is 4. The van der Waals surface area contributed by atoms with Crippen LogP contribution in [-0.2, 0) is 19.1 Å². The maximum Gasteiger partial charge on any atom is 0.410 e. The molecule has 10 nitrogen and oxygen atoms in total. The van der Waals surface area contributed by atoms with Crippen molar-refractivity contribution in [3.63, 3.8) is 0 Å². The van der Waals surface area contributed by atoms with Gasteiger partial charge in [-0.1, -0.05) is 67.6 Å². The molecule has 4 N–H and O–H groups in total. The van der Waals surface area contributed by atoms with Gasteiger partial charge in [-0.2, -0.15) is 0 Å². The van der Waals surface area contributed by atoms with Gasteiger partial charge in [0.25, 0.3) is 0 Å². The van der Waals surface area contributed by atoms with Crippen molar-refractivity contribution in [3.05, 3.63) is 71.8 Å². The SMILES string of the molecule is CC[C@@H](C(=O)N[C@@H]1C(=O)N2[C@@H](CC[C@@H]1CN)CC[C@H]2C(=O)NC(c1ccccc1)c1ccccc1)N(C)C(=O)OC(C)(C)C. The Morgan fingerprint density at radius 3 is 2.07 bits per heavy atom. The summed E-state index contributed by atoms with van der Waals surface area (Å²) in [6, 6.07) is 16.6. The standard InChI is InChI=1S/C34H47N5O5/c1-6-26(38(5)33(43)44-34(2,3)4)30(40)37-29-24(21-35)17-18-25-19-20-27(39(25)32(29)42)31(41)36-28(22-13-9-7-10-14-22)23-15-11-8-12-16-23/h7-16,24-29H,6,17-21,35H2,1-5H3,(H,36,41)(H,37,40)/t24-,25+,26+,27+,29+/m1/s1. The number of hydrogen-bond acceptors (Lipinski definition) is 6. The molecule has 4 amide bonds. The fourth-order valence-corrected chi connectivity index (χ4v) is 6.36. The molecule has 44 heavy (non-hydrogen) atoms. The highest BCUT2D eigenvalue weighted by Crippen LogP contribution is 2.34. The number of ether oxygens (including phenoxy) is 1. The first-order valence-corrected chi connectivity index (χ1v) is 15.6. The molecule has 2 aromatic carbocycles. The van der Waals surface area contributed by atoms with E-state index in [0.29, 0.717) is 32.1 Å². The summed E-state index contributed by atoms with van der Waals surface area (Å²) in [5.74, 6) is -1.29. The minimum atomic E-state index is -0.911. The Kier molecular flexibility index (Phi) is 10.7. The Hall–Kier alpha value is -3.92. The van der Waals surface area contributed by atoms with E-state index >= 15 is 0 Å². The summed E-state index contributed by atoms with van der Waals surface area (Å²) in [6.45, 7) is 7.29. The number of rotatable bonds is 9. The average Bonchev–Trinajstić information content (AvgIpc) is 3.38. The molecule has 0 spiro atoms. The number of hydrogen-bond donors (Lipinski definition) is 3. The molecule has 0 aromatic heterocycles. The monoisotopic (exact) mass is 605 g/mol. The molecule has 0 saturated carbocycles. The zero-order valence-electron chi connectivity index (χ0n) is 26.5. The van der Waals surface area contributed by atoms with Gasteiger partial charge in [0.15, 0.2) is 0 Å². The van der Waals surface area contributed by atoms with Crippen LogP contribution in [0.4, 0.5) is 4.79 Å². The van der Waals surface area contributed by atoms with E-state index < -0.39 is 35.7 Å². The fourth-order valence-electron chi connectivity index (χ4n) is 6.36. The van der Waals surface area contributed by atoms with Gasteiger partial charge in [0, 0.05) is 19.0 Å². The Morgan fingerprint density at radius 2 is 1.55 bits per heavy atom. The third-order valence-electron chi connectivity index (χ3n) is 8.66. The summed E-state index contributed by atoms with van der Waals surface area (Å²) in [6.07, 6.45) is 2.27. The quantitative estimate of drug-likeness (QED) is 0.399. The molecule has 0 bridgehead atoms. The summed E-state index contributed by atoms with van der Waals surface area (Å²) in [7, 11) is 1.52. The first-order valence-electron chi connectivity index (χ1n) is 15.6. The molecule has 2 aliphatic rings. The summed E-state index contributed by atoms with van der Waals surface area (Å²) in [5, 5.41) is 6.15. The first-order chi connectivity index (χ1) is 20.9. The summed E-state index contributed by atoms with van der Waals surface area (Å²) < 4.78 is 5.47. The van der Waals surface area contributed by atoms with Crippen molar-refractivity contribution in [3.8, 4) is 0 Å². The third kappa shape index (κ3) is 7.59. The second-order valence-corrected chi connectivity index (χ2v) is 12.8. The smallest absolute Gasteiger partial charge is 0.410 e. The van der Waals surface area contributed by atoms with Gasteiger partial charge in [0.2, 0.25) is 17.7 Å². The lowest BCUT2D eigenvalue weighted by Gasteiger charge is -2.34. The Balaban J connectivity index is 1.55. The molecule has 2 fully saturated rings. The van der Waals surface area contributed by atoms with Crippen molar-refractivity contribution >= 4 is 23.8 Å². The molecule has 5 atom stereocenters. The van der Waals surface area contributed by atoms with Gasteiger partial charge < -0.3 is 26.0 Å². The van der Waals surface area contributed by atoms with Crippen LogP contribution < -0.4 is 16.4 Å². The van der Waals surface area contributed by atoms with Crippen LogP contribution in [-0.4, -0.2) is 77.0 Å². The lowest BCUT2D eigenvalue weighted by Crippen LogP contribution is -2.59. The van der Waals surface area contributed by atoms with Gasteiger partial charge in [0.1, 0.15) is 23.7 Å². The van der Waals surface area contributed by atoms with Crippen LogP contribution >= 0.6 is 0 Å². The van der Waals surface area contributed by atoms with Gasteiger partial charge in [0.05, 0.1) is 6.04 Å². The molecule has 2 saturated heterocycles. The average molecular weight is 606 g/mol. The van der Waals surface area contributed by atoms with Crippen molar-refractivity contribution in [2.45, 2.75) is 95.6 Å². The van der Waals surface area contributed by atoms with Crippen molar-refractivity contribution in [2.24, 2.45) is 11.7 Å². The Bertz CT molecular complexity index is 1260. The lowest BCUT2D eigenvalue weighted by atomic mass is 9.93. The molecule has 0 radical (unpaired) electrons. The van der Waals surface area contributed by atoms with Gasteiger partial charge >= 0.3 is 6.09 Å². The molecule has 2 aromatic rings. The lowest BCUT2D eigenvalue weighted by molar-refractivity contribution is -0.144. The summed E-state index contributed by atoms with van der Waals surface area (Å²) in [5.41, 5.74) is 7.30. The number of likely N-dealkylation sites (N-methyl/N-ethyl adjacent to an activating group) is 1. The van der Waals surface area contributed by atoms with Crippen molar-refractivity contribution < 1.29 is 23.9 Å². The van der Waals surface area contributed by atoms with Crippen LogP contribution in [0.25, 0.3) is 0 Å². The largest absolute Gasteiger partial charge is 0.444 e. The molecular weight excluding hydrogens is 558 g/mol. The second kappa shape index (κ2) is 14.2. The zero-order valence-corrected chi connectivity index (χ0v) is 26.5. The van der Waals surface area contributed by atoms with Crippen LogP contribution in [0.1, 0.15) is 77.0 Å². The number of nitrogens with one attached hydrogen (secondary N) is 2. The van der Waals surface area contributed by atoms with Crippen LogP contribution in [0.3, 0.4) is 0 Å². The number of fused-ring (bicyclic) bond motifs is 1. The van der Waals surface area contributed by atoms with E-state index in [1.807, 2.05) is 60.7 Å². The van der Waals surface area contributed by atoms with E-state index in [-0.39, 0.29) is 36.4 Å². The van der Waals surface area contributed by atoms with E-state index in [1.165, 1.54) is 11.9 Å². The summed E-state index contributed by atoms with van der Waals surface area (Å²) >= 11 is 0. The number of nitrogens with two attached hydrogens (primary N) is 1. The van der Waals surface area contributed by atoms with Gasteiger partial charge in [-0.15, -0.1) is 0 Å². The minimum absolute atomic E-state index is 0.118. The number of benzene rings is 2. The zero-order chi connectivity index (χ0) is 32.0. The topological polar surface area (TPSA) is 134 Å². The van der Waals surface area contributed by atoms with E-state index in [4.69, 9.17) is 10.5 Å². The maximum absolute atomic E-state index is 14.2. The number of nitrogens with zero attached hydrogens (tertiary/aromatic N) is 2. The molecule has 0 aliphatic carbocycles. The van der Waals surface area contributed by atoms with Crippen molar-refractivity contribution in [2.75, 3.05) is 13.6 Å². The minimum Gasteiger partial charge on any atom is -0.444 e. The van der Waals surface area contributed by atoms with Gasteiger partial charge in [-0.05, 0) is 70.5 Å². The Morgan fingerprint density at radius 1 is 0.977 bits per heavy atom.